The summed E-state index contributed by atoms with van der Waals surface area (Å²) in [6.07, 6.45) is 8.92. The van der Waals surface area contributed by atoms with Gasteiger partial charge >= 0.3 is 0 Å². The molecule has 2 aliphatic carbocycles. The van der Waals surface area contributed by atoms with Crippen molar-refractivity contribution in [2.45, 2.75) is 26.7 Å². The van der Waals surface area contributed by atoms with E-state index in [0.717, 1.165) is 24.0 Å². The molecule has 2 fully saturated rings. The summed E-state index contributed by atoms with van der Waals surface area (Å²) in [5, 5.41) is 0. The van der Waals surface area contributed by atoms with Crippen LogP contribution < -0.4 is 9.80 Å². The minimum Gasteiger partial charge on any atom is -0.273 e. The minimum absolute atomic E-state index is 0.285. The van der Waals surface area contributed by atoms with E-state index in [9.17, 15) is 19.2 Å². The lowest BCUT2D eigenvalue weighted by molar-refractivity contribution is -0.148. The molecule has 36 heavy (non-hydrogen) atoms. The number of carbonyl (C=O) groups excluding carboxylic acids is 4. The molecule has 0 N–H and O–H groups in total. The molecule has 4 aliphatic rings. The van der Waals surface area contributed by atoms with E-state index in [0.29, 0.717) is 11.4 Å². The van der Waals surface area contributed by atoms with Gasteiger partial charge in [0.15, 0.2) is 0 Å². The van der Waals surface area contributed by atoms with Crippen molar-refractivity contribution in [3.63, 3.8) is 0 Å². The van der Waals surface area contributed by atoms with Gasteiger partial charge in [0.05, 0.1) is 35.0 Å². The topological polar surface area (TPSA) is 74.8 Å². The van der Waals surface area contributed by atoms with Crippen LogP contribution in [0.2, 0.25) is 0 Å². The van der Waals surface area contributed by atoms with Crippen molar-refractivity contribution in [2.24, 2.45) is 35.5 Å². The minimum atomic E-state index is -0.553. The van der Waals surface area contributed by atoms with Crippen LogP contribution in [0.4, 0.5) is 11.4 Å². The van der Waals surface area contributed by atoms with Crippen LogP contribution in [0.1, 0.15) is 25.0 Å². The first-order valence-electron chi connectivity index (χ1n) is 12.7. The monoisotopic (exact) mass is 480 g/mol. The highest BCUT2D eigenvalue weighted by molar-refractivity contribution is 6.22. The van der Waals surface area contributed by atoms with Crippen LogP contribution in [0, 0.1) is 35.5 Å². The lowest BCUT2D eigenvalue weighted by Crippen LogP contribution is -2.64. The van der Waals surface area contributed by atoms with Crippen molar-refractivity contribution in [2.75, 3.05) is 9.80 Å². The fourth-order valence-corrected chi connectivity index (χ4v) is 6.47. The zero-order valence-electron chi connectivity index (χ0n) is 20.3. The molecule has 2 saturated heterocycles. The second kappa shape index (κ2) is 8.40. The molecule has 0 radical (unpaired) electrons. The third-order valence-corrected chi connectivity index (χ3v) is 8.38. The molecule has 0 bridgehead atoms. The van der Waals surface area contributed by atoms with E-state index in [1.165, 1.54) is 9.80 Å². The molecule has 6 rings (SSSR count). The lowest BCUT2D eigenvalue weighted by Gasteiger charge is -2.53. The number of hydrogen-bond acceptors (Lipinski definition) is 4. The third kappa shape index (κ3) is 3.16. The summed E-state index contributed by atoms with van der Waals surface area (Å²) in [5.41, 5.74) is 3.37. The molecule has 0 unspecified atom stereocenters. The van der Waals surface area contributed by atoms with Gasteiger partial charge in [-0.2, -0.15) is 0 Å². The molecule has 0 saturated carbocycles. The first kappa shape index (κ1) is 22.7. The number of amides is 4. The summed E-state index contributed by atoms with van der Waals surface area (Å²) in [5.74, 6) is -4.16. The predicted molar refractivity (Wildman–Crippen MR) is 136 cm³/mol. The highest BCUT2D eigenvalue weighted by atomic mass is 16.2. The Labute approximate surface area is 210 Å². The van der Waals surface area contributed by atoms with Gasteiger partial charge in [-0.15, -0.1) is 0 Å². The Balaban J connectivity index is 1.39. The van der Waals surface area contributed by atoms with Crippen LogP contribution >= 0.6 is 0 Å². The lowest BCUT2D eigenvalue weighted by atomic mass is 9.55. The van der Waals surface area contributed by atoms with Crippen molar-refractivity contribution in [1.82, 2.24) is 0 Å². The molecule has 4 atom stereocenters. The molecule has 2 heterocycles. The normalized spacial score (nSPS) is 30.6. The SMILES string of the molecule is CCc1ccc(N2C(=O)[C@H]3C=C[C@H]4C(=O)N(c5ccc(CC)cc5)C(=O)[C@@H]5C=C[C@H](C2=O)C3C45)cc1. The largest absolute Gasteiger partial charge is 0.273 e. The quantitative estimate of drug-likeness (QED) is 0.488. The molecule has 2 aromatic carbocycles. The van der Waals surface area contributed by atoms with E-state index in [2.05, 4.69) is 13.8 Å². The molecule has 0 aromatic heterocycles. The van der Waals surface area contributed by atoms with Gasteiger partial charge in [-0.05, 0) is 60.1 Å². The Morgan fingerprint density at radius 2 is 0.778 bits per heavy atom. The van der Waals surface area contributed by atoms with Crippen LogP contribution in [0.3, 0.4) is 0 Å². The summed E-state index contributed by atoms with van der Waals surface area (Å²) < 4.78 is 0. The Bertz CT molecular complexity index is 1170. The van der Waals surface area contributed by atoms with Gasteiger partial charge in [0.2, 0.25) is 23.6 Å². The molecule has 0 spiro atoms. The number of rotatable bonds is 4. The van der Waals surface area contributed by atoms with E-state index in [1.807, 2.05) is 48.5 Å². The van der Waals surface area contributed by atoms with E-state index in [1.54, 1.807) is 24.3 Å². The van der Waals surface area contributed by atoms with Crippen LogP contribution in [0.25, 0.3) is 0 Å². The molecular weight excluding hydrogens is 452 g/mol. The van der Waals surface area contributed by atoms with Crippen LogP contribution in [-0.4, -0.2) is 23.6 Å². The number of benzene rings is 2. The standard InChI is InChI=1S/C30H28N2O4/c1-3-17-5-9-19(10-6-17)31-27(33)21-13-15-23-26-24(16-14-22(25(21)26)28(31)34)30(36)32(29(23)35)20-11-7-18(4-2)8-12-20/h5-16,21-26H,3-4H2,1-2H3/t21-,22-,23+,24+,25?,26?. The Hall–Kier alpha value is -3.80. The van der Waals surface area contributed by atoms with Gasteiger partial charge in [0.25, 0.3) is 0 Å². The maximum atomic E-state index is 13.6. The molecule has 2 aliphatic heterocycles. The number of aryl methyl sites for hydroxylation is 2. The average molecular weight is 481 g/mol. The predicted octanol–water partition coefficient (Wildman–Crippen LogP) is 4.09. The van der Waals surface area contributed by atoms with Gasteiger partial charge in [-0.3, -0.25) is 19.2 Å². The number of anilines is 2. The van der Waals surface area contributed by atoms with Crippen molar-refractivity contribution in [1.29, 1.82) is 0 Å². The summed E-state index contributed by atoms with van der Waals surface area (Å²) in [6.45, 7) is 4.11. The van der Waals surface area contributed by atoms with E-state index in [-0.39, 0.29) is 23.6 Å². The molecule has 6 nitrogen and oxygen atoms in total. The van der Waals surface area contributed by atoms with Gasteiger partial charge in [0.1, 0.15) is 0 Å². The van der Waals surface area contributed by atoms with E-state index < -0.39 is 35.5 Å². The number of imide groups is 2. The Kier molecular flexibility index (Phi) is 5.29. The second-order valence-corrected chi connectivity index (χ2v) is 10.1. The summed E-state index contributed by atoms with van der Waals surface area (Å²) in [7, 11) is 0. The second-order valence-electron chi connectivity index (χ2n) is 10.1. The average Bonchev–Trinajstić information content (AvgIpc) is 2.91. The molecule has 4 amide bonds. The Morgan fingerprint density at radius 1 is 0.500 bits per heavy atom. The van der Waals surface area contributed by atoms with Gasteiger partial charge in [-0.25, -0.2) is 9.80 Å². The maximum absolute atomic E-state index is 13.6. The molecule has 182 valence electrons. The Morgan fingerprint density at radius 3 is 1.03 bits per heavy atom. The van der Waals surface area contributed by atoms with Crippen LogP contribution in [-0.2, 0) is 32.0 Å². The first-order chi connectivity index (χ1) is 17.4. The van der Waals surface area contributed by atoms with Crippen molar-refractivity contribution >= 4 is 35.0 Å². The summed E-state index contributed by atoms with van der Waals surface area (Å²) in [4.78, 5) is 57.1. The van der Waals surface area contributed by atoms with E-state index >= 15 is 0 Å². The highest BCUT2D eigenvalue weighted by Crippen LogP contribution is 2.53. The zero-order chi connectivity index (χ0) is 25.1. The molecular formula is C30H28N2O4. The number of nitrogens with zero attached hydrogens (tertiary/aromatic N) is 2. The molecule has 6 heteroatoms. The fourth-order valence-electron chi connectivity index (χ4n) is 6.47. The van der Waals surface area contributed by atoms with Gasteiger partial charge < -0.3 is 0 Å². The summed E-state index contributed by atoms with van der Waals surface area (Å²) in [6, 6.07) is 15.0. The van der Waals surface area contributed by atoms with Crippen molar-refractivity contribution < 1.29 is 19.2 Å². The van der Waals surface area contributed by atoms with Crippen LogP contribution in [0.15, 0.2) is 72.8 Å². The number of piperidine rings is 2. The fraction of sp³-hybridized carbons (Fsp3) is 0.333. The maximum Gasteiger partial charge on any atom is 0.241 e. The van der Waals surface area contributed by atoms with Gasteiger partial charge in [-0.1, -0.05) is 62.4 Å². The summed E-state index contributed by atoms with van der Waals surface area (Å²) >= 11 is 0. The smallest absolute Gasteiger partial charge is 0.241 e. The zero-order valence-corrected chi connectivity index (χ0v) is 20.3. The van der Waals surface area contributed by atoms with Crippen molar-refractivity contribution in [3.8, 4) is 0 Å². The number of carbonyl (C=O) groups is 4. The number of hydrogen-bond donors (Lipinski definition) is 0. The van der Waals surface area contributed by atoms with Crippen LogP contribution in [0.5, 0.6) is 0 Å². The first-order valence-corrected chi connectivity index (χ1v) is 12.7. The van der Waals surface area contributed by atoms with E-state index in [4.69, 9.17) is 0 Å². The third-order valence-electron chi connectivity index (χ3n) is 8.38. The van der Waals surface area contributed by atoms with Crippen molar-refractivity contribution in [3.05, 3.63) is 84.0 Å². The van der Waals surface area contributed by atoms with Gasteiger partial charge in [0, 0.05) is 0 Å². The molecule has 2 aromatic rings. The highest BCUT2D eigenvalue weighted by Gasteiger charge is 2.60.